The summed E-state index contributed by atoms with van der Waals surface area (Å²) < 4.78 is 20.2. The largest absolute Gasteiger partial charge is 0.446 e. The molecule has 1 aromatic carbocycles. The molecule has 3 heterocycles. The number of ether oxygens (including phenoxy) is 1. The van der Waals surface area contributed by atoms with Gasteiger partial charge in [-0.3, -0.25) is 4.79 Å². The summed E-state index contributed by atoms with van der Waals surface area (Å²) in [4.78, 5) is 30.7. The summed E-state index contributed by atoms with van der Waals surface area (Å²) in [7, 11) is 0. The molecule has 0 aliphatic carbocycles. The number of piperidine rings is 1. The number of alkyl carbamates (subject to hydrolysis) is 1. The maximum Gasteiger partial charge on any atom is 0.407 e. The van der Waals surface area contributed by atoms with Crippen LogP contribution in [0.5, 0.6) is 0 Å². The Balaban J connectivity index is 1.48. The molecule has 1 fully saturated rings. The lowest BCUT2D eigenvalue weighted by molar-refractivity contribution is 0.0423. The van der Waals surface area contributed by atoms with E-state index in [9.17, 15) is 14.0 Å². The Morgan fingerprint density at radius 1 is 1.23 bits per heavy atom. The highest BCUT2D eigenvalue weighted by Gasteiger charge is 2.27. The predicted molar refractivity (Wildman–Crippen MR) is 112 cm³/mol. The molecule has 0 radical (unpaired) electrons. The fourth-order valence-corrected chi connectivity index (χ4v) is 3.67. The van der Waals surface area contributed by atoms with Crippen LogP contribution in [-0.4, -0.2) is 57.2 Å². The molecule has 4 rings (SSSR count). The molecule has 0 bridgehead atoms. The molecule has 3 aromatic rings. The van der Waals surface area contributed by atoms with Crippen LogP contribution in [0.15, 0.2) is 36.5 Å². The average Bonchev–Trinajstić information content (AvgIpc) is 3.19. The first-order chi connectivity index (χ1) is 14.9. The highest BCUT2D eigenvalue weighted by atomic mass is 19.1. The number of carbonyl (C=O) groups excluding carboxylic acids is 2. The molecule has 0 saturated carbocycles. The van der Waals surface area contributed by atoms with Gasteiger partial charge in [-0.25, -0.2) is 18.7 Å². The van der Waals surface area contributed by atoms with Crippen LogP contribution >= 0.6 is 0 Å². The van der Waals surface area contributed by atoms with E-state index in [4.69, 9.17) is 4.74 Å². The number of halogens is 1. The van der Waals surface area contributed by atoms with Gasteiger partial charge < -0.3 is 15.0 Å². The topological polar surface area (TPSA) is 88.8 Å². The zero-order valence-electron chi connectivity index (χ0n) is 17.5. The molecule has 2 aromatic heterocycles. The van der Waals surface area contributed by atoms with Crippen LogP contribution in [0.2, 0.25) is 0 Å². The smallest absolute Gasteiger partial charge is 0.407 e. The van der Waals surface area contributed by atoms with Crippen LogP contribution < -0.4 is 5.32 Å². The van der Waals surface area contributed by atoms with E-state index in [2.05, 4.69) is 15.4 Å². The van der Waals surface area contributed by atoms with Gasteiger partial charge in [-0.2, -0.15) is 5.10 Å². The average molecular weight is 425 g/mol. The SMILES string of the molecule is CCNC(=O)OC1CCN(C(=O)c2cn3nc(-c4ccc(F)cc4)cc(C)c3n2)CC1. The van der Waals surface area contributed by atoms with Crippen LogP contribution in [0, 0.1) is 12.7 Å². The number of hydrogen-bond donors (Lipinski definition) is 1. The van der Waals surface area contributed by atoms with E-state index in [1.165, 1.54) is 12.1 Å². The second-order valence-corrected chi connectivity index (χ2v) is 7.54. The third kappa shape index (κ3) is 4.50. The maximum absolute atomic E-state index is 13.2. The molecule has 1 N–H and O–H groups in total. The number of hydrogen-bond acceptors (Lipinski definition) is 5. The van der Waals surface area contributed by atoms with Crippen molar-refractivity contribution in [2.45, 2.75) is 32.8 Å². The number of benzene rings is 1. The number of imidazole rings is 1. The number of nitrogens with one attached hydrogen (secondary N) is 1. The van der Waals surface area contributed by atoms with Crippen molar-refractivity contribution in [2.24, 2.45) is 0 Å². The van der Waals surface area contributed by atoms with Crippen molar-refractivity contribution in [3.05, 3.63) is 53.6 Å². The third-order valence-electron chi connectivity index (χ3n) is 5.29. The number of likely N-dealkylation sites (tertiary alicyclic amines) is 1. The Hall–Kier alpha value is -3.49. The normalized spacial score (nSPS) is 14.6. The van der Waals surface area contributed by atoms with E-state index in [-0.39, 0.29) is 17.8 Å². The Morgan fingerprint density at radius 3 is 2.61 bits per heavy atom. The molecule has 0 unspecified atom stereocenters. The number of nitrogens with zero attached hydrogens (tertiary/aromatic N) is 4. The van der Waals surface area contributed by atoms with Crippen molar-refractivity contribution >= 4 is 17.6 Å². The first-order valence-electron chi connectivity index (χ1n) is 10.3. The lowest BCUT2D eigenvalue weighted by atomic mass is 10.1. The minimum atomic E-state index is -0.425. The molecule has 2 amide bonds. The number of aryl methyl sites for hydroxylation is 1. The van der Waals surface area contributed by atoms with Crippen LogP contribution in [0.3, 0.4) is 0 Å². The van der Waals surface area contributed by atoms with E-state index in [0.29, 0.717) is 49.5 Å². The quantitative estimate of drug-likeness (QED) is 0.694. The minimum absolute atomic E-state index is 0.176. The summed E-state index contributed by atoms with van der Waals surface area (Å²) in [6, 6.07) is 7.98. The molecule has 9 heteroatoms. The second kappa shape index (κ2) is 8.71. The highest BCUT2D eigenvalue weighted by molar-refractivity contribution is 5.93. The molecule has 31 heavy (non-hydrogen) atoms. The summed E-state index contributed by atoms with van der Waals surface area (Å²) in [5, 5.41) is 7.15. The van der Waals surface area contributed by atoms with Crippen LogP contribution in [0.25, 0.3) is 16.9 Å². The van der Waals surface area contributed by atoms with Gasteiger partial charge in [-0.05, 0) is 49.7 Å². The van der Waals surface area contributed by atoms with Crippen molar-refractivity contribution < 1.29 is 18.7 Å². The van der Waals surface area contributed by atoms with E-state index in [1.54, 1.807) is 27.7 Å². The zero-order chi connectivity index (χ0) is 22.0. The van der Waals surface area contributed by atoms with Crippen LogP contribution in [0.1, 0.15) is 35.8 Å². The van der Waals surface area contributed by atoms with Crippen molar-refractivity contribution in [1.29, 1.82) is 0 Å². The Bertz CT molecular complexity index is 1100. The standard InChI is InChI=1S/C22H24FN5O3/c1-3-24-22(30)31-17-8-10-27(11-9-17)21(29)19-13-28-20(25-19)14(2)12-18(26-28)15-4-6-16(23)7-5-15/h4-7,12-13,17H,3,8-11H2,1-2H3,(H,24,30). The number of aromatic nitrogens is 3. The Kier molecular flexibility index (Phi) is 5.83. The van der Waals surface area contributed by atoms with Gasteiger partial charge in [0.2, 0.25) is 0 Å². The van der Waals surface area contributed by atoms with Gasteiger partial charge >= 0.3 is 6.09 Å². The molecule has 1 saturated heterocycles. The van der Waals surface area contributed by atoms with Crippen molar-refractivity contribution in [2.75, 3.05) is 19.6 Å². The molecule has 1 aliphatic heterocycles. The summed E-state index contributed by atoms with van der Waals surface area (Å²) in [6.45, 7) is 5.22. The third-order valence-corrected chi connectivity index (χ3v) is 5.29. The Morgan fingerprint density at radius 2 is 1.94 bits per heavy atom. The lowest BCUT2D eigenvalue weighted by Crippen LogP contribution is -2.42. The fourth-order valence-electron chi connectivity index (χ4n) is 3.67. The first-order valence-corrected chi connectivity index (χ1v) is 10.3. The number of amides is 2. The number of fused-ring (bicyclic) bond motifs is 1. The van der Waals surface area contributed by atoms with E-state index >= 15 is 0 Å². The number of rotatable bonds is 4. The van der Waals surface area contributed by atoms with Crippen molar-refractivity contribution in [3.63, 3.8) is 0 Å². The minimum Gasteiger partial charge on any atom is -0.446 e. The van der Waals surface area contributed by atoms with Gasteiger partial charge in [0.15, 0.2) is 5.65 Å². The monoisotopic (exact) mass is 425 g/mol. The van der Waals surface area contributed by atoms with Gasteiger partial charge in [0.1, 0.15) is 17.6 Å². The van der Waals surface area contributed by atoms with Crippen molar-refractivity contribution in [1.82, 2.24) is 24.8 Å². The van der Waals surface area contributed by atoms with Crippen LogP contribution in [-0.2, 0) is 4.74 Å². The van der Waals surface area contributed by atoms with Gasteiger partial charge in [0.05, 0.1) is 11.9 Å². The number of carbonyl (C=O) groups is 2. The van der Waals surface area contributed by atoms with E-state index in [0.717, 1.165) is 11.1 Å². The van der Waals surface area contributed by atoms with Gasteiger partial charge in [-0.15, -0.1) is 0 Å². The van der Waals surface area contributed by atoms with E-state index in [1.807, 2.05) is 19.9 Å². The fraction of sp³-hybridized carbons (Fsp3) is 0.364. The molecular formula is C22H24FN5O3. The maximum atomic E-state index is 13.2. The molecule has 0 atom stereocenters. The lowest BCUT2D eigenvalue weighted by Gasteiger charge is -2.31. The van der Waals surface area contributed by atoms with Gasteiger partial charge in [0, 0.05) is 38.0 Å². The Labute approximate surface area is 179 Å². The molecule has 8 nitrogen and oxygen atoms in total. The summed E-state index contributed by atoms with van der Waals surface area (Å²) in [5.74, 6) is -0.484. The van der Waals surface area contributed by atoms with Crippen LogP contribution in [0.4, 0.5) is 9.18 Å². The van der Waals surface area contributed by atoms with Crippen molar-refractivity contribution in [3.8, 4) is 11.3 Å². The van der Waals surface area contributed by atoms with Gasteiger partial charge in [-0.1, -0.05) is 0 Å². The highest BCUT2D eigenvalue weighted by Crippen LogP contribution is 2.22. The molecule has 0 spiro atoms. The summed E-state index contributed by atoms with van der Waals surface area (Å²) in [5.41, 5.74) is 3.23. The zero-order valence-corrected chi connectivity index (χ0v) is 17.5. The summed E-state index contributed by atoms with van der Waals surface area (Å²) in [6.07, 6.45) is 2.17. The molecular weight excluding hydrogens is 401 g/mol. The summed E-state index contributed by atoms with van der Waals surface area (Å²) >= 11 is 0. The van der Waals surface area contributed by atoms with Gasteiger partial charge in [0.25, 0.3) is 5.91 Å². The van der Waals surface area contributed by atoms with E-state index < -0.39 is 6.09 Å². The molecule has 162 valence electrons. The second-order valence-electron chi connectivity index (χ2n) is 7.54. The first kappa shape index (κ1) is 20.8. The molecule has 1 aliphatic rings. The predicted octanol–water partition coefficient (Wildman–Crippen LogP) is 3.19.